The molecular weight excluding hydrogens is 222 g/mol. The maximum atomic E-state index is 11.6. The molecule has 0 saturated carbocycles. The number of aromatic nitrogens is 2. The first-order valence-corrected chi connectivity index (χ1v) is 5.59. The molecule has 1 atom stereocenters. The fourth-order valence-corrected chi connectivity index (χ4v) is 1.27. The van der Waals surface area contributed by atoms with E-state index < -0.39 is 12.0 Å². The molecule has 1 unspecified atom stereocenters. The molecule has 2 N–H and O–H groups in total. The summed E-state index contributed by atoms with van der Waals surface area (Å²) in [6.07, 6.45) is 0.159. The first-order chi connectivity index (χ1) is 8.04. The van der Waals surface area contributed by atoms with Crippen LogP contribution in [0.3, 0.4) is 0 Å². The van der Waals surface area contributed by atoms with Crippen LogP contribution in [0.1, 0.15) is 30.8 Å². The van der Waals surface area contributed by atoms with Crippen molar-refractivity contribution in [3.05, 3.63) is 28.2 Å². The van der Waals surface area contributed by atoms with Crippen LogP contribution in [-0.2, 0) is 6.54 Å². The minimum Gasteiger partial charge on any atom is -0.392 e. The quantitative estimate of drug-likeness (QED) is 0.743. The summed E-state index contributed by atoms with van der Waals surface area (Å²) in [5.41, 5.74) is -0.0439. The lowest BCUT2D eigenvalue weighted by Gasteiger charge is -2.08. The maximum Gasteiger partial charge on any atom is 0.271 e. The first kappa shape index (κ1) is 13.4. The molecule has 1 aromatic heterocycles. The van der Waals surface area contributed by atoms with Gasteiger partial charge in [-0.25, -0.2) is 4.68 Å². The number of hydrogen-bond acceptors (Lipinski definition) is 4. The summed E-state index contributed by atoms with van der Waals surface area (Å²) >= 11 is 0. The third kappa shape index (κ3) is 3.99. The number of hydrogen-bond donors (Lipinski definition) is 2. The van der Waals surface area contributed by atoms with E-state index in [0.717, 1.165) is 6.42 Å². The molecule has 94 valence electrons. The second-order valence-electron chi connectivity index (χ2n) is 3.84. The van der Waals surface area contributed by atoms with Crippen molar-refractivity contribution in [1.29, 1.82) is 0 Å². The molecule has 0 spiro atoms. The van der Waals surface area contributed by atoms with Crippen LogP contribution in [0.4, 0.5) is 0 Å². The fraction of sp³-hybridized carbons (Fsp3) is 0.545. The average molecular weight is 239 g/mol. The van der Waals surface area contributed by atoms with Crippen LogP contribution in [0.15, 0.2) is 16.9 Å². The number of nitrogens with zero attached hydrogens (tertiary/aromatic N) is 2. The lowest BCUT2D eigenvalue weighted by atomic mass is 10.3. The van der Waals surface area contributed by atoms with Gasteiger partial charge in [-0.2, -0.15) is 5.10 Å². The zero-order valence-electron chi connectivity index (χ0n) is 10.0. The zero-order chi connectivity index (χ0) is 12.8. The van der Waals surface area contributed by atoms with E-state index in [-0.39, 0.29) is 17.8 Å². The highest BCUT2D eigenvalue weighted by Crippen LogP contribution is 1.92. The summed E-state index contributed by atoms with van der Waals surface area (Å²) in [7, 11) is 0. The summed E-state index contributed by atoms with van der Waals surface area (Å²) < 4.78 is 1.26. The van der Waals surface area contributed by atoms with E-state index in [4.69, 9.17) is 5.11 Å². The van der Waals surface area contributed by atoms with Gasteiger partial charge in [0.1, 0.15) is 5.69 Å². The largest absolute Gasteiger partial charge is 0.392 e. The van der Waals surface area contributed by atoms with Crippen molar-refractivity contribution in [2.75, 3.05) is 6.54 Å². The summed E-state index contributed by atoms with van der Waals surface area (Å²) in [4.78, 5) is 23.0. The van der Waals surface area contributed by atoms with Crippen molar-refractivity contribution in [2.45, 2.75) is 32.9 Å². The average Bonchev–Trinajstić information content (AvgIpc) is 2.29. The molecule has 0 aliphatic rings. The molecule has 6 heteroatoms. The Hall–Kier alpha value is -1.69. The number of carbonyl (C=O) groups excluding carboxylic acids is 1. The molecule has 1 aromatic rings. The SMILES string of the molecule is CCCn1nc(C(=O)NCC(C)O)ccc1=O. The van der Waals surface area contributed by atoms with Gasteiger partial charge in [0.25, 0.3) is 11.5 Å². The van der Waals surface area contributed by atoms with Crippen LogP contribution in [0, 0.1) is 0 Å². The van der Waals surface area contributed by atoms with E-state index in [0.29, 0.717) is 6.54 Å². The van der Waals surface area contributed by atoms with E-state index in [1.165, 1.54) is 16.8 Å². The van der Waals surface area contributed by atoms with Crippen LogP contribution in [0.5, 0.6) is 0 Å². The highest BCUT2D eigenvalue weighted by molar-refractivity contribution is 5.91. The Morgan fingerprint density at radius 2 is 2.29 bits per heavy atom. The molecule has 0 bridgehead atoms. The molecule has 1 amide bonds. The van der Waals surface area contributed by atoms with Crippen molar-refractivity contribution in [2.24, 2.45) is 0 Å². The molecular formula is C11H17N3O3. The Labute approximate surface area is 99.3 Å². The molecule has 1 rings (SSSR count). The third-order valence-corrected chi connectivity index (χ3v) is 2.09. The van der Waals surface area contributed by atoms with E-state index in [1.54, 1.807) is 6.92 Å². The minimum atomic E-state index is -0.611. The number of aryl methyl sites for hydroxylation is 1. The highest BCUT2D eigenvalue weighted by atomic mass is 16.3. The zero-order valence-corrected chi connectivity index (χ0v) is 10.0. The van der Waals surface area contributed by atoms with Crippen molar-refractivity contribution in [3.8, 4) is 0 Å². The van der Waals surface area contributed by atoms with Gasteiger partial charge in [-0.05, 0) is 19.4 Å². The van der Waals surface area contributed by atoms with Gasteiger partial charge in [0, 0.05) is 19.2 Å². The molecule has 0 aliphatic heterocycles. The summed E-state index contributed by atoms with van der Waals surface area (Å²) in [6.45, 7) is 4.14. The predicted octanol–water partition coefficient (Wildman–Crippen LogP) is -0.236. The number of rotatable bonds is 5. The van der Waals surface area contributed by atoms with Gasteiger partial charge in [0.2, 0.25) is 0 Å². The molecule has 0 radical (unpaired) electrons. The van der Waals surface area contributed by atoms with Crippen LogP contribution in [0.2, 0.25) is 0 Å². The van der Waals surface area contributed by atoms with Gasteiger partial charge < -0.3 is 10.4 Å². The number of carbonyl (C=O) groups is 1. The van der Waals surface area contributed by atoms with Gasteiger partial charge in [-0.1, -0.05) is 6.92 Å². The molecule has 17 heavy (non-hydrogen) atoms. The summed E-state index contributed by atoms with van der Waals surface area (Å²) in [6, 6.07) is 2.70. The molecule has 6 nitrogen and oxygen atoms in total. The van der Waals surface area contributed by atoms with E-state index in [1.807, 2.05) is 6.92 Å². The molecule has 0 fully saturated rings. The first-order valence-electron chi connectivity index (χ1n) is 5.59. The minimum absolute atomic E-state index is 0.160. The second-order valence-corrected chi connectivity index (χ2v) is 3.84. The Kier molecular flexibility index (Phi) is 4.84. The maximum absolute atomic E-state index is 11.6. The lowest BCUT2D eigenvalue weighted by molar-refractivity contribution is 0.0916. The van der Waals surface area contributed by atoms with Crippen molar-refractivity contribution in [3.63, 3.8) is 0 Å². The standard InChI is InChI=1S/C11H17N3O3/c1-3-6-14-10(16)5-4-9(13-14)11(17)12-7-8(2)15/h4-5,8,15H,3,6-7H2,1-2H3,(H,12,17). The van der Waals surface area contributed by atoms with E-state index in [2.05, 4.69) is 10.4 Å². The smallest absolute Gasteiger partial charge is 0.271 e. The predicted molar refractivity (Wildman–Crippen MR) is 62.8 cm³/mol. The van der Waals surface area contributed by atoms with Crippen molar-refractivity contribution >= 4 is 5.91 Å². The number of aliphatic hydroxyl groups is 1. The second kappa shape index (κ2) is 6.15. The Balaban J connectivity index is 2.80. The fourth-order valence-electron chi connectivity index (χ4n) is 1.27. The van der Waals surface area contributed by atoms with Crippen LogP contribution in [0.25, 0.3) is 0 Å². The van der Waals surface area contributed by atoms with Gasteiger partial charge in [-0.3, -0.25) is 9.59 Å². The van der Waals surface area contributed by atoms with Crippen LogP contribution in [-0.4, -0.2) is 33.4 Å². The summed E-state index contributed by atoms with van der Waals surface area (Å²) in [5, 5.41) is 15.5. The van der Waals surface area contributed by atoms with Crippen molar-refractivity contribution in [1.82, 2.24) is 15.1 Å². The van der Waals surface area contributed by atoms with Gasteiger partial charge in [-0.15, -0.1) is 0 Å². The van der Waals surface area contributed by atoms with Crippen LogP contribution < -0.4 is 10.9 Å². The number of aliphatic hydroxyl groups excluding tert-OH is 1. The normalized spacial score (nSPS) is 12.2. The lowest BCUT2D eigenvalue weighted by Crippen LogP contribution is -2.33. The monoisotopic (exact) mass is 239 g/mol. The Morgan fingerprint density at radius 1 is 1.59 bits per heavy atom. The Morgan fingerprint density at radius 3 is 2.88 bits per heavy atom. The molecule has 0 saturated heterocycles. The van der Waals surface area contributed by atoms with E-state index >= 15 is 0 Å². The van der Waals surface area contributed by atoms with Gasteiger partial charge in [0.15, 0.2) is 0 Å². The van der Waals surface area contributed by atoms with Crippen molar-refractivity contribution < 1.29 is 9.90 Å². The van der Waals surface area contributed by atoms with Gasteiger partial charge in [0.05, 0.1) is 6.10 Å². The summed E-state index contributed by atoms with van der Waals surface area (Å²) in [5.74, 6) is -0.393. The molecule has 0 aliphatic carbocycles. The molecule has 1 heterocycles. The number of amides is 1. The van der Waals surface area contributed by atoms with Gasteiger partial charge >= 0.3 is 0 Å². The molecule has 0 aromatic carbocycles. The number of nitrogens with one attached hydrogen (secondary N) is 1. The third-order valence-electron chi connectivity index (χ3n) is 2.09. The van der Waals surface area contributed by atoms with Crippen LogP contribution >= 0.6 is 0 Å². The topological polar surface area (TPSA) is 84.2 Å². The highest BCUT2D eigenvalue weighted by Gasteiger charge is 2.09. The van der Waals surface area contributed by atoms with E-state index in [9.17, 15) is 9.59 Å². The Bertz CT molecular complexity index is 440.